The molecular weight excluding hydrogens is 318 g/mol. The second-order valence-electron chi connectivity index (χ2n) is 6.40. The van der Waals surface area contributed by atoms with Crippen molar-refractivity contribution in [3.8, 4) is 0 Å². The SMILES string of the molecule is CCn1ccnc1C(Nc1cc(C)nc2ncnn12)C1CCOCC1. The lowest BCUT2D eigenvalue weighted by Gasteiger charge is -2.31. The fourth-order valence-electron chi connectivity index (χ4n) is 3.50. The third-order valence-electron chi connectivity index (χ3n) is 4.79. The Morgan fingerprint density at radius 3 is 2.96 bits per heavy atom. The van der Waals surface area contributed by atoms with Crippen LogP contribution in [0.25, 0.3) is 5.78 Å². The van der Waals surface area contributed by atoms with E-state index in [1.807, 2.05) is 25.4 Å². The first-order valence-electron chi connectivity index (χ1n) is 8.79. The molecule has 1 saturated heterocycles. The van der Waals surface area contributed by atoms with Crippen LogP contribution in [0.2, 0.25) is 0 Å². The number of hydrogen-bond donors (Lipinski definition) is 1. The van der Waals surface area contributed by atoms with E-state index >= 15 is 0 Å². The molecule has 25 heavy (non-hydrogen) atoms. The van der Waals surface area contributed by atoms with E-state index in [0.717, 1.165) is 49.9 Å². The molecule has 3 aromatic heterocycles. The van der Waals surface area contributed by atoms with Crippen LogP contribution in [0.1, 0.15) is 37.3 Å². The summed E-state index contributed by atoms with van der Waals surface area (Å²) in [5.41, 5.74) is 0.910. The van der Waals surface area contributed by atoms with Crippen molar-refractivity contribution in [2.45, 2.75) is 39.3 Å². The van der Waals surface area contributed by atoms with E-state index in [4.69, 9.17) is 4.74 Å². The Kier molecular flexibility index (Phi) is 4.35. The van der Waals surface area contributed by atoms with Crippen LogP contribution < -0.4 is 5.32 Å². The van der Waals surface area contributed by atoms with Crippen LogP contribution in [0.15, 0.2) is 24.8 Å². The number of rotatable bonds is 5. The Morgan fingerprint density at radius 1 is 1.32 bits per heavy atom. The van der Waals surface area contributed by atoms with E-state index in [9.17, 15) is 0 Å². The molecule has 3 aromatic rings. The number of aryl methyl sites for hydroxylation is 2. The highest BCUT2D eigenvalue weighted by molar-refractivity contribution is 5.46. The van der Waals surface area contributed by atoms with Gasteiger partial charge in [-0.15, -0.1) is 0 Å². The average molecular weight is 341 g/mol. The summed E-state index contributed by atoms with van der Waals surface area (Å²) >= 11 is 0. The molecule has 0 aliphatic carbocycles. The maximum Gasteiger partial charge on any atom is 0.254 e. The van der Waals surface area contributed by atoms with Gasteiger partial charge in [-0.05, 0) is 32.6 Å². The van der Waals surface area contributed by atoms with Gasteiger partial charge in [0.25, 0.3) is 5.78 Å². The molecule has 0 aromatic carbocycles. The van der Waals surface area contributed by atoms with Crippen LogP contribution in [-0.4, -0.2) is 42.3 Å². The van der Waals surface area contributed by atoms with Gasteiger partial charge < -0.3 is 14.6 Å². The lowest BCUT2D eigenvalue weighted by atomic mass is 9.91. The minimum Gasteiger partial charge on any atom is -0.381 e. The zero-order chi connectivity index (χ0) is 17.2. The van der Waals surface area contributed by atoms with Gasteiger partial charge in [-0.1, -0.05) is 0 Å². The predicted molar refractivity (Wildman–Crippen MR) is 93.3 cm³/mol. The van der Waals surface area contributed by atoms with E-state index in [-0.39, 0.29) is 6.04 Å². The van der Waals surface area contributed by atoms with Crippen molar-refractivity contribution in [2.75, 3.05) is 18.5 Å². The van der Waals surface area contributed by atoms with Gasteiger partial charge in [0.1, 0.15) is 18.0 Å². The van der Waals surface area contributed by atoms with Gasteiger partial charge in [0, 0.05) is 43.9 Å². The van der Waals surface area contributed by atoms with Crippen molar-refractivity contribution in [3.05, 3.63) is 36.3 Å². The molecular formula is C17H23N7O. The number of anilines is 1. The second-order valence-corrected chi connectivity index (χ2v) is 6.40. The number of aromatic nitrogens is 6. The number of nitrogens with one attached hydrogen (secondary N) is 1. The topological polar surface area (TPSA) is 82.2 Å². The summed E-state index contributed by atoms with van der Waals surface area (Å²) in [6.07, 6.45) is 7.46. The monoisotopic (exact) mass is 341 g/mol. The molecule has 1 aliphatic heterocycles. The number of ether oxygens (including phenoxy) is 1. The van der Waals surface area contributed by atoms with Crippen LogP contribution in [0.3, 0.4) is 0 Å². The summed E-state index contributed by atoms with van der Waals surface area (Å²) in [5, 5.41) is 7.99. The highest BCUT2D eigenvalue weighted by Gasteiger charge is 2.29. The number of fused-ring (bicyclic) bond motifs is 1. The summed E-state index contributed by atoms with van der Waals surface area (Å²) < 4.78 is 9.50. The number of imidazole rings is 1. The third-order valence-corrected chi connectivity index (χ3v) is 4.79. The van der Waals surface area contributed by atoms with Gasteiger partial charge in [0.2, 0.25) is 0 Å². The van der Waals surface area contributed by atoms with E-state index in [0.29, 0.717) is 11.7 Å². The molecule has 132 valence electrons. The maximum absolute atomic E-state index is 5.56. The first-order valence-corrected chi connectivity index (χ1v) is 8.79. The molecule has 4 heterocycles. The second kappa shape index (κ2) is 6.79. The quantitative estimate of drug-likeness (QED) is 0.766. The van der Waals surface area contributed by atoms with Crippen molar-refractivity contribution < 1.29 is 4.74 Å². The molecule has 1 atom stereocenters. The van der Waals surface area contributed by atoms with Crippen molar-refractivity contribution in [3.63, 3.8) is 0 Å². The van der Waals surface area contributed by atoms with Crippen LogP contribution in [-0.2, 0) is 11.3 Å². The van der Waals surface area contributed by atoms with E-state index in [1.54, 1.807) is 4.52 Å². The van der Waals surface area contributed by atoms with Crippen molar-refractivity contribution in [1.82, 2.24) is 29.1 Å². The Bertz CT molecular complexity index is 850. The minimum atomic E-state index is 0.0908. The molecule has 0 bridgehead atoms. The van der Waals surface area contributed by atoms with Crippen molar-refractivity contribution in [1.29, 1.82) is 0 Å². The largest absolute Gasteiger partial charge is 0.381 e. The van der Waals surface area contributed by atoms with Gasteiger partial charge >= 0.3 is 0 Å². The zero-order valence-electron chi connectivity index (χ0n) is 14.6. The van der Waals surface area contributed by atoms with Crippen LogP contribution in [0, 0.1) is 12.8 Å². The lowest BCUT2D eigenvalue weighted by Crippen LogP contribution is -2.30. The molecule has 4 rings (SSSR count). The zero-order valence-corrected chi connectivity index (χ0v) is 14.6. The number of hydrogen-bond acceptors (Lipinski definition) is 6. The molecule has 0 radical (unpaired) electrons. The van der Waals surface area contributed by atoms with E-state index in [1.165, 1.54) is 6.33 Å². The Morgan fingerprint density at radius 2 is 2.16 bits per heavy atom. The van der Waals surface area contributed by atoms with Crippen LogP contribution in [0.4, 0.5) is 5.82 Å². The molecule has 1 aliphatic rings. The first kappa shape index (κ1) is 16.0. The smallest absolute Gasteiger partial charge is 0.254 e. The summed E-state index contributed by atoms with van der Waals surface area (Å²) in [6.45, 7) is 6.59. The minimum absolute atomic E-state index is 0.0908. The highest BCUT2D eigenvalue weighted by atomic mass is 16.5. The Balaban J connectivity index is 1.73. The Labute approximate surface area is 146 Å². The maximum atomic E-state index is 5.56. The van der Waals surface area contributed by atoms with Crippen LogP contribution in [0.5, 0.6) is 0 Å². The first-order chi connectivity index (χ1) is 12.3. The van der Waals surface area contributed by atoms with Gasteiger partial charge in [-0.3, -0.25) is 0 Å². The standard InChI is InChI=1S/C17H23N7O/c1-3-23-7-6-18-16(23)15(13-4-8-25-9-5-13)22-14-10-12(2)21-17-19-11-20-24(14)17/h6-7,10-11,13,15,22H,3-5,8-9H2,1-2H3. The normalized spacial score (nSPS) is 17.0. The average Bonchev–Trinajstić information content (AvgIpc) is 3.29. The summed E-state index contributed by atoms with van der Waals surface area (Å²) in [7, 11) is 0. The summed E-state index contributed by atoms with van der Waals surface area (Å²) in [6, 6.07) is 2.10. The summed E-state index contributed by atoms with van der Waals surface area (Å²) in [5.74, 6) is 3.00. The van der Waals surface area contributed by atoms with Crippen LogP contribution >= 0.6 is 0 Å². The summed E-state index contributed by atoms with van der Waals surface area (Å²) in [4.78, 5) is 13.3. The van der Waals surface area contributed by atoms with Gasteiger partial charge in [0.15, 0.2) is 0 Å². The van der Waals surface area contributed by atoms with E-state index < -0.39 is 0 Å². The van der Waals surface area contributed by atoms with Crippen molar-refractivity contribution >= 4 is 11.6 Å². The molecule has 8 heteroatoms. The lowest BCUT2D eigenvalue weighted by molar-refractivity contribution is 0.0593. The molecule has 0 spiro atoms. The third kappa shape index (κ3) is 3.09. The molecule has 0 saturated carbocycles. The molecule has 1 fully saturated rings. The van der Waals surface area contributed by atoms with E-state index in [2.05, 4.69) is 36.9 Å². The van der Waals surface area contributed by atoms with Gasteiger partial charge in [0.05, 0.1) is 6.04 Å². The molecule has 8 nitrogen and oxygen atoms in total. The van der Waals surface area contributed by atoms with Gasteiger partial charge in [-0.25, -0.2) is 9.97 Å². The predicted octanol–water partition coefficient (Wildman–Crippen LogP) is 2.23. The molecule has 1 N–H and O–H groups in total. The molecule has 1 unspecified atom stereocenters. The molecule has 0 amide bonds. The van der Waals surface area contributed by atoms with Gasteiger partial charge in [-0.2, -0.15) is 14.6 Å². The Hall–Kier alpha value is -2.48. The van der Waals surface area contributed by atoms with Crippen molar-refractivity contribution in [2.24, 2.45) is 5.92 Å². The number of nitrogens with zero attached hydrogens (tertiary/aromatic N) is 6. The fourth-order valence-corrected chi connectivity index (χ4v) is 3.50. The highest BCUT2D eigenvalue weighted by Crippen LogP contribution is 2.32. The fraction of sp³-hybridized carbons (Fsp3) is 0.529.